The molecule has 0 aromatic heterocycles. The lowest BCUT2D eigenvalue weighted by Gasteiger charge is -2.32. The predicted octanol–water partition coefficient (Wildman–Crippen LogP) is 3.31. The molecule has 1 rings (SSSR count). The number of hydrogen-bond acceptors (Lipinski definition) is 3. The second kappa shape index (κ2) is 9.23. The fraction of sp³-hybridized carbons (Fsp3) is 1.00. The lowest BCUT2D eigenvalue weighted by molar-refractivity contribution is 0.0415. The van der Waals surface area contributed by atoms with Crippen molar-refractivity contribution in [3.63, 3.8) is 0 Å². The van der Waals surface area contributed by atoms with E-state index >= 15 is 0 Å². The van der Waals surface area contributed by atoms with Gasteiger partial charge in [0.25, 0.3) is 0 Å². The zero-order chi connectivity index (χ0) is 12.5. The number of thioether (sulfide) groups is 1. The predicted molar refractivity (Wildman–Crippen MR) is 77.8 cm³/mol. The fourth-order valence-corrected chi connectivity index (χ4v) is 3.48. The summed E-state index contributed by atoms with van der Waals surface area (Å²) in [5.41, 5.74) is 0. The molecule has 3 unspecified atom stereocenters. The molecule has 2 nitrogen and oxygen atoms in total. The summed E-state index contributed by atoms with van der Waals surface area (Å²) >= 11 is 2.03. The summed E-state index contributed by atoms with van der Waals surface area (Å²) in [6.07, 6.45) is 7.07. The molecule has 3 atom stereocenters. The minimum atomic E-state index is 0.425. The van der Waals surface area contributed by atoms with Crippen LogP contribution in [0.1, 0.15) is 46.0 Å². The molecule has 0 spiro atoms. The number of likely N-dealkylation sites (N-methyl/N-ethyl adjacent to an activating group) is 1. The monoisotopic (exact) mass is 259 g/mol. The van der Waals surface area contributed by atoms with Crippen LogP contribution in [-0.4, -0.2) is 37.3 Å². The summed E-state index contributed by atoms with van der Waals surface area (Å²) in [6.45, 7) is 5.53. The van der Waals surface area contributed by atoms with E-state index in [9.17, 15) is 0 Å². The molecular weight excluding hydrogens is 230 g/mol. The smallest absolute Gasteiger partial charge is 0.0818 e. The van der Waals surface area contributed by atoms with E-state index in [1.807, 2.05) is 11.8 Å². The highest BCUT2D eigenvalue weighted by Gasteiger charge is 2.25. The Bertz CT molecular complexity index is 183. The van der Waals surface area contributed by atoms with Crippen LogP contribution in [0.5, 0.6) is 0 Å². The van der Waals surface area contributed by atoms with Crippen molar-refractivity contribution in [3.8, 4) is 0 Å². The molecule has 1 saturated heterocycles. The first-order chi connectivity index (χ1) is 8.31. The molecule has 3 heteroatoms. The van der Waals surface area contributed by atoms with Crippen LogP contribution in [0.3, 0.4) is 0 Å². The van der Waals surface area contributed by atoms with Gasteiger partial charge >= 0.3 is 0 Å². The minimum absolute atomic E-state index is 0.425. The number of unbranched alkanes of at least 4 members (excludes halogenated alkanes) is 1. The van der Waals surface area contributed by atoms with Crippen LogP contribution in [-0.2, 0) is 4.74 Å². The van der Waals surface area contributed by atoms with Gasteiger partial charge in [-0.25, -0.2) is 0 Å². The van der Waals surface area contributed by atoms with Gasteiger partial charge in [-0.3, -0.25) is 0 Å². The van der Waals surface area contributed by atoms with Crippen molar-refractivity contribution in [3.05, 3.63) is 0 Å². The Balaban J connectivity index is 2.36. The van der Waals surface area contributed by atoms with Gasteiger partial charge in [0.1, 0.15) is 0 Å². The summed E-state index contributed by atoms with van der Waals surface area (Å²) in [5, 5.41) is 3.47. The van der Waals surface area contributed by atoms with Gasteiger partial charge in [-0.05, 0) is 19.4 Å². The van der Waals surface area contributed by atoms with Crippen LogP contribution >= 0.6 is 11.8 Å². The first-order valence-electron chi connectivity index (χ1n) is 7.18. The molecule has 0 amide bonds. The lowest BCUT2D eigenvalue weighted by atomic mass is 9.90. The van der Waals surface area contributed by atoms with Gasteiger partial charge < -0.3 is 10.1 Å². The summed E-state index contributed by atoms with van der Waals surface area (Å²) in [6, 6.07) is 0.546. The Hall–Kier alpha value is 0.270. The van der Waals surface area contributed by atoms with Crippen molar-refractivity contribution < 1.29 is 4.74 Å². The van der Waals surface area contributed by atoms with E-state index in [0.717, 1.165) is 18.3 Å². The maximum atomic E-state index is 5.90. The number of ether oxygens (including phenoxy) is 1. The molecule has 1 fully saturated rings. The van der Waals surface area contributed by atoms with Gasteiger partial charge in [-0.2, -0.15) is 11.8 Å². The Labute approximate surface area is 111 Å². The van der Waals surface area contributed by atoms with E-state index in [0.29, 0.717) is 12.1 Å². The molecule has 0 aromatic carbocycles. The first kappa shape index (κ1) is 15.3. The van der Waals surface area contributed by atoms with Crippen molar-refractivity contribution in [2.75, 3.05) is 25.2 Å². The molecule has 0 aromatic rings. The van der Waals surface area contributed by atoms with Crippen molar-refractivity contribution in [2.45, 2.75) is 58.1 Å². The Morgan fingerprint density at radius 1 is 1.41 bits per heavy atom. The molecule has 102 valence electrons. The maximum Gasteiger partial charge on any atom is 0.0818 e. The highest BCUT2D eigenvalue weighted by molar-refractivity contribution is 7.99. The van der Waals surface area contributed by atoms with Crippen molar-refractivity contribution in [1.29, 1.82) is 0 Å². The lowest BCUT2D eigenvalue weighted by Crippen LogP contribution is -2.44. The largest absolute Gasteiger partial charge is 0.375 e. The molecule has 1 N–H and O–H groups in total. The second-order valence-electron chi connectivity index (χ2n) is 5.03. The zero-order valence-electron chi connectivity index (χ0n) is 11.7. The van der Waals surface area contributed by atoms with Gasteiger partial charge in [-0.1, -0.05) is 39.5 Å². The molecule has 0 aliphatic carbocycles. The maximum absolute atomic E-state index is 5.90. The van der Waals surface area contributed by atoms with E-state index in [1.54, 1.807) is 0 Å². The molecular formula is C14H29NOS. The van der Waals surface area contributed by atoms with Gasteiger partial charge in [0.2, 0.25) is 0 Å². The highest BCUT2D eigenvalue weighted by atomic mass is 32.2. The zero-order valence-corrected chi connectivity index (χ0v) is 12.5. The molecule has 1 aliphatic rings. The number of hydrogen-bond donors (Lipinski definition) is 1. The van der Waals surface area contributed by atoms with E-state index in [-0.39, 0.29) is 0 Å². The average molecular weight is 259 g/mol. The third-order valence-corrected chi connectivity index (χ3v) is 4.81. The topological polar surface area (TPSA) is 21.3 Å². The average Bonchev–Trinajstić information content (AvgIpc) is 2.40. The molecule has 0 saturated carbocycles. The van der Waals surface area contributed by atoms with Crippen LogP contribution in [0.2, 0.25) is 0 Å². The number of rotatable bonds is 8. The molecule has 0 radical (unpaired) electrons. The second-order valence-corrected chi connectivity index (χ2v) is 6.18. The Morgan fingerprint density at radius 2 is 2.24 bits per heavy atom. The van der Waals surface area contributed by atoms with Crippen LogP contribution in [0.25, 0.3) is 0 Å². The van der Waals surface area contributed by atoms with Crippen LogP contribution in [0.4, 0.5) is 0 Å². The normalized spacial score (nSPS) is 24.5. The summed E-state index contributed by atoms with van der Waals surface area (Å²) in [5.74, 6) is 3.19. The molecule has 1 aliphatic heterocycles. The van der Waals surface area contributed by atoms with E-state index < -0.39 is 0 Å². The first-order valence-corrected chi connectivity index (χ1v) is 8.33. The summed E-state index contributed by atoms with van der Waals surface area (Å²) in [4.78, 5) is 0. The van der Waals surface area contributed by atoms with E-state index in [2.05, 4.69) is 26.2 Å². The van der Waals surface area contributed by atoms with E-state index in [4.69, 9.17) is 4.74 Å². The molecule has 1 heterocycles. The van der Waals surface area contributed by atoms with Crippen molar-refractivity contribution in [1.82, 2.24) is 5.32 Å². The highest BCUT2D eigenvalue weighted by Crippen LogP contribution is 2.23. The fourth-order valence-electron chi connectivity index (χ4n) is 2.53. The van der Waals surface area contributed by atoms with Gasteiger partial charge in [0.05, 0.1) is 12.7 Å². The van der Waals surface area contributed by atoms with Gasteiger partial charge in [0.15, 0.2) is 0 Å². The van der Waals surface area contributed by atoms with Gasteiger partial charge in [0, 0.05) is 17.5 Å². The summed E-state index contributed by atoms with van der Waals surface area (Å²) < 4.78 is 5.90. The molecule has 17 heavy (non-hydrogen) atoms. The van der Waals surface area contributed by atoms with Crippen LogP contribution in [0, 0.1) is 5.92 Å². The van der Waals surface area contributed by atoms with Crippen LogP contribution < -0.4 is 5.32 Å². The van der Waals surface area contributed by atoms with Crippen molar-refractivity contribution in [2.24, 2.45) is 5.92 Å². The SMILES string of the molecule is CCCCC(CC)CC(NC)C1CSCCO1. The Morgan fingerprint density at radius 3 is 2.76 bits per heavy atom. The van der Waals surface area contributed by atoms with Gasteiger partial charge in [-0.15, -0.1) is 0 Å². The third-order valence-electron chi connectivity index (χ3n) is 3.79. The third kappa shape index (κ3) is 5.62. The minimum Gasteiger partial charge on any atom is -0.375 e. The quantitative estimate of drug-likeness (QED) is 0.722. The van der Waals surface area contributed by atoms with E-state index in [1.165, 1.54) is 37.9 Å². The van der Waals surface area contributed by atoms with Crippen LogP contribution in [0.15, 0.2) is 0 Å². The van der Waals surface area contributed by atoms with Crippen molar-refractivity contribution >= 4 is 11.8 Å². The standard InChI is InChI=1S/C14H29NOS/c1-4-6-7-12(5-2)10-13(15-3)14-11-17-9-8-16-14/h12-15H,4-11H2,1-3H3. The summed E-state index contributed by atoms with van der Waals surface area (Å²) in [7, 11) is 2.08. The molecule has 0 bridgehead atoms. The Kier molecular flexibility index (Phi) is 8.33. The number of nitrogens with one attached hydrogen (secondary N) is 1.